The van der Waals surface area contributed by atoms with Gasteiger partial charge in [0.25, 0.3) is 0 Å². The monoisotopic (exact) mass is 167 g/mol. The van der Waals surface area contributed by atoms with Crippen LogP contribution in [0.25, 0.3) is 0 Å². The maximum absolute atomic E-state index is 11.2. The van der Waals surface area contributed by atoms with Gasteiger partial charge in [0.2, 0.25) is 0 Å². The summed E-state index contributed by atoms with van der Waals surface area (Å²) in [5, 5.41) is 0. The van der Waals surface area contributed by atoms with Crippen LogP contribution in [0.1, 0.15) is 13.8 Å². The lowest BCUT2D eigenvalue weighted by Crippen LogP contribution is -2.67. The summed E-state index contributed by atoms with van der Waals surface area (Å²) in [5.41, 5.74) is 0.257. The summed E-state index contributed by atoms with van der Waals surface area (Å²) >= 11 is 0. The highest BCUT2D eigenvalue weighted by molar-refractivity contribution is 5.71. The molecule has 0 spiro atoms. The van der Waals surface area contributed by atoms with Gasteiger partial charge < -0.3 is 4.74 Å². The van der Waals surface area contributed by atoms with E-state index in [0.717, 1.165) is 6.54 Å². The van der Waals surface area contributed by atoms with E-state index in [-0.39, 0.29) is 11.5 Å². The van der Waals surface area contributed by atoms with E-state index < -0.39 is 0 Å². The second-order valence-corrected chi connectivity index (χ2v) is 3.64. The molecule has 1 aliphatic carbocycles. The zero-order valence-corrected chi connectivity index (χ0v) is 7.41. The van der Waals surface area contributed by atoms with E-state index in [1.165, 1.54) is 0 Å². The van der Waals surface area contributed by atoms with Gasteiger partial charge in [-0.2, -0.15) is 0 Å². The maximum atomic E-state index is 11.2. The van der Waals surface area contributed by atoms with Gasteiger partial charge in [-0.1, -0.05) is 19.1 Å². The molecule has 66 valence electrons. The van der Waals surface area contributed by atoms with E-state index in [9.17, 15) is 4.79 Å². The SMILES string of the molecule is CCOC(=O)N1C[C@]2(C)C=C[C@H]12. The van der Waals surface area contributed by atoms with Crippen molar-refractivity contribution in [2.75, 3.05) is 13.2 Å². The fourth-order valence-electron chi connectivity index (χ4n) is 1.85. The van der Waals surface area contributed by atoms with Crippen LogP contribution in [-0.4, -0.2) is 30.2 Å². The highest BCUT2D eigenvalue weighted by Gasteiger charge is 2.53. The van der Waals surface area contributed by atoms with Crippen molar-refractivity contribution in [1.82, 2.24) is 4.90 Å². The van der Waals surface area contributed by atoms with Crippen molar-refractivity contribution in [3.05, 3.63) is 12.2 Å². The molecule has 2 atom stereocenters. The van der Waals surface area contributed by atoms with Crippen molar-refractivity contribution in [2.45, 2.75) is 19.9 Å². The Morgan fingerprint density at radius 1 is 1.83 bits per heavy atom. The number of carbonyl (C=O) groups excluding carboxylic acids is 1. The van der Waals surface area contributed by atoms with Crippen LogP contribution in [0.4, 0.5) is 4.79 Å². The van der Waals surface area contributed by atoms with Crippen LogP contribution in [0.3, 0.4) is 0 Å². The quantitative estimate of drug-likeness (QED) is 0.552. The maximum Gasteiger partial charge on any atom is 0.410 e. The minimum atomic E-state index is -0.177. The molecule has 1 amide bonds. The topological polar surface area (TPSA) is 29.5 Å². The molecule has 0 unspecified atom stereocenters. The molecule has 0 N–H and O–H groups in total. The van der Waals surface area contributed by atoms with E-state index in [1.807, 2.05) is 6.92 Å². The van der Waals surface area contributed by atoms with Gasteiger partial charge in [0.15, 0.2) is 0 Å². The van der Waals surface area contributed by atoms with Crippen LogP contribution in [0, 0.1) is 5.41 Å². The summed E-state index contributed by atoms with van der Waals surface area (Å²) in [6.45, 7) is 5.26. The normalized spacial score (nSPS) is 36.5. The van der Waals surface area contributed by atoms with Crippen LogP contribution in [0.15, 0.2) is 12.2 Å². The fourth-order valence-corrected chi connectivity index (χ4v) is 1.85. The largest absolute Gasteiger partial charge is 0.450 e. The number of likely N-dealkylation sites (tertiary alicyclic amines) is 1. The molecule has 3 nitrogen and oxygen atoms in total. The van der Waals surface area contributed by atoms with Crippen LogP contribution < -0.4 is 0 Å². The van der Waals surface area contributed by atoms with E-state index in [0.29, 0.717) is 12.6 Å². The second kappa shape index (κ2) is 2.25. The van der Waals surface area contributed by atoms with Gasteiger partial charge in [-0.05, 0) is 6.92 Å². The van der Waals surface area contributed by atoms with Gasteiger partial charge >= 0.3 is 6.09 Å². The lowest BCUT2D eigenvalue weighted by atomic mass is 9.65. The van der Waals surface area contributed by atoms with Crippen LogP contribution in [0.5, 0.6) is 0 Å². The Labute approximate surface area is 72.0 Å². The summed E-state index contributed by atoms with van der Waals surface area (Å²) in [6.07, 6.45) is 4.04. The summed E-state index contributed by atoms with van der Waals surface area (Å²) in [5.74, 6) is 0. The molecular formula is C9H13NO2. The van der Waals surface area contributed by atoms with Crippen LogP contribution >= 0.6 is 0 Å². The van der Waals surface area contributed by atoms with Gasteiger partial charge in [0, 0.05) is 12.0 Å². The molecule has 2 aliphatic rings. The first kappa shape index (κ1) is 7.65. The van der Waals surface area contributed by atoms with Crippen molar-refractivity contribution in [3.8, 4) is 0 Å². The standard InChI is InChI=1S/C9H13NO2/c1-3-12-8(11)10-6-9(2)5-4-7(9)10/h4-5,7H,3,6H2,1-2H3/t7-,9-/m0/s1. The lowest BCUT2D eigenvalue weighted by molar-refractivity contribution is -0.0185. The van der Waals surface area contributed by atoms with E-state index in [2.05, 4.69) is 19.1 Å². The molecule has 0 saturated carbocycles. The summed E-state index contributed by atoms with van der Waals surface area (Å²) in [6, 6.07) is 0.302. The van der Waals surface area contributed by atoms with Gasteiger partial charge in [-0.3, -0.25) is 4.90 Å². The number of hydrogen-bond donors (Lipinski definition) is 0. The predicted molar refractivity (Wildman–Crippen MR) is 44.8 cm³/mol. The zero-order chi connectivity index (χ0) is 8.77. The summed E-state index contributed by atoms with van der Waals surface area (Å²) in [4.78, 5) is 13.0. The molecule has 0 aromatic heterocycles. The number of amides is 1. The third-order valence-electron chi connectivity index (χ3n) is 2.68. The van der Waals surface area contributed by atoms with Gasteiger partial charge in [0.1, 0.15) is 0 Å². The molecule has 12 heavy (non-hydrogen) atoms. The Bertz CT molecular complexity index is 249. The first-order chi connectivity index (χ1) is 5.67. The zero-order valence-electron chi connectivity index (χ0n) is 7.41. The molecular weight excluding hydrogens is 154 g/mol. The summed E-state index contributed by atoms with van der Waals surface area (Å²) in [7, 11) is 0. The average molecular weight is 167 g/mol. The number of ether oxygens (including phenoxy) is 1. The Kier molecular flexibility index (Phi) is 1.43. The molecule has 2 rings (SSSR count). The number of fused-ring (bicyclic) bond motifs is 1. The number of hydrogen-bond acceptors (Lipinski definition) is 2. The minimum Gasteiger partial charge on any atom is -0.450 e. The van der Waals surface area contributed by atoms with E-state index in [1.54, 1.807) is 4.90 Å². The molecule has 0 radical (unpaired) electrons. The van der Waals surface area contributed by atoms with Gasteiger partial charge in [-0.15, -0.1) is 0 Å². The number of rotatable bonds is 1. The van der Waals surface area contributed by atoms with Crippen molar-refractivity contribution in [3.63, 3.8) is 0 Å². The summed E-state index contributed by atoms with van der Waals surface area (Å²) < 4.78 is 4.90. The Balaban J connectivity index is 1.94. The number of carbonyl (C=O) groups is 1. The average Bonchev–Trinajstić information content (AvgIpc) is 2.02. The second-order valence-electron chi connectivity index (χ2n) is 3.64. The highest BCUT2D eigenvalue weighted by atomic mass is 16.6. The Morgan fingerprint density at radius 3 is 2.92 bits per heavy atom. The third kappa shape index (κ3) is 0.792. The smallest absolute Gasteiger partial charge is 0.410 e. The minimum absolute atomic E-state index is 0.177. The first-order valence-corrected chi connectivity index (χ1v) is 4.30. The lowest BCUT2D eigenvalue weighted by Gasteiger charge is -2.57. The third-order valence-corrected chi connectivity index (χ3v) is 2.68. The molecule has 1 saturated heterocycles. The molecule has 0 bridgehead atoms. The molecule has 0 aromatic carbocycles. The van der Waals surface area contributed by atoms with Gasteiger partial charge in [0.05, 0.1) is 12.6 Å². The fraction of sp³-hybridized carbons (Fsp3) is 0.667. The predicted octanol–water partition coefficient (Wildman–Crippen LogP) is 1.40. The van der Waals surface area contributed by atoms with E-state index >= 15 is 0 Å². The van der Waals surface area contributed by atoms with Crippen LogP contribution in [0.2, 0.25) is 0 Å². The van der Waals surface area contributed by atoms with Crippen molar-refractivity contribution in [1.29, 1.82) is 0 Å². The molecule has 1 heterocycles. The van der Waals surface area contributed by atoms with Gasteiger partial charge in [-0.25, -0.2) is 4.79 Å². The van der Waals surface area contributed by atoms with Crippen LogP contribution in [-0.2, 0) is 4.74 Å². The Hall–Kier alpha value is -0.990. The van der Waals surface area contributed by atoms with Crippen molar-refractivity contribution in [2.24, 2.45) is 5.41 Å². The molecule has 0 aromatic rings. The highest BCUT2D eigenvalue weighted by Crippen LogP contribution is 2.46. The molecule has 1 fully saturated rings. The molecule has 3 heteroatoms. The Morgan fingerprint density at radius 2 is 2.58 bits per heavy atom. The van der Waals surface area contributed by atoms with Crippen molar-refractivity contribution >= 4 is 6.09 Å². The van der Waals surface area contributed by atoms with Crippen molar-refractivity contribution < 1.29 is 9.53 Å². The molecule has 1 aliphatic heterocycles. The first-order valence-electron chi connectivity index (χ1n) is 4.30. The van der Waals surface area contributed by atoms with E-state index in [4.69, 9.17) is 4.74 Å². The number of nitrogens with zero attached hydrogens (tertiary/aromatic N) is 1.